The Labute approximate surface area is 148 Å². The van der Waals surface area contributed by atoms with Crippen molar-refractivity contribution in [2.45, 2.75) is 13.0 Å². The van der Waals surface area contributed by atoms with Crippen LogP contribution in [0.4, 0.5) is 0 Å². The Morgan fingerprint density at radius 2 is 2.17 bits per heavy atom. The molecule has 128 valence electrons. The topological polar surface area (TPSA) is 111 Å². The number of methoxy groups -OCH3 is 1. The van der Waals surface area contributed by atoms with Crippen LogP contribution >= 0.6 is 23.8 Å². The number of halogens is 1. The average Bonchev–Trinajstić information content (AvgIpc) is 2.52. The third kappa shape index (κ3) is 4.36. The fourth-order valence-corrected chi connectivity index (χ4v) is 2.75. The lowest BCUT2D eigenvalue weighted by Gasteiger charge is -2.16. The molecule has 7 nitrogen and oxygen atoms in total. The molecular formula is C15H18ClN5O2S. The molecule has 0 aliphatic heterocycles. The number of aromatic amines is 1. The van der Waals surface area contributed by atoms with Crippen molar-refractivity contribution < 1.29 is 4.74 Å². The van der Waals surface area contributed by atoms with Gasteiger partial charge in [0.25, 0.3) is 5.56 Å². The molecule has 0 atom stereocenters. The van der Waals surface area contributed by atoms with E-state index in [1.54, 1.807) is 29.9 Å². The van der Waals surface area contributed by atoms with Gasteiger partial charge in [0.1, 0.15) is 5.75 Å². The molecule has 0 spiro atoms. The van der Waals surface area contributed by atoms with Crippen LogP contribution in [0.1, 0.15) is 6.42 Å². The van der Waals surface area contributed by atoms with Crippen LogP contribution in [0.5, 0.6) is 5.75 Å². The van der Waals surface area contributed by atoms with E-state index in [4.69, 9.17) is 40.0 Å². The summed E-state index contributed by atoms with van der Waals surface area (Å²) in [4.78, 5) is 18.4. The first-order valence-electron chi connectivity index (χ1n) is 7.16. The van der Waals surface area contributed by atoms with E-state index in [2.05, 4.69) is 9.98 Å². The Morgan fingerprint density at radius 3 is 2.83 bits per heavy atom. The number of hydrogen-bond acceptors (Lipinski definition) is 4. The van der Waals surface area contributed by atoms with Crippen LogP contribution in [0.3, 0.4) is 0 Å². The molecule has 5 N–H and O–H groups in total. The monoisotopic (exact) mass is 367 g/mol. The first-order valence-corrected chi connectivity index (χ1v) is 7.94. The third-order valence-corrected chi connectivity index (χ3v) is 3.86. The normalized spacial score (nSPS) is 10.4. The summed E-state index contributed by atoms with van der Waals surface area (Å²) in [7, 11) is 1.55. The minimum Gasteiger partial charge on any atom is -0.496 e. The number of H-pyrrole nitrogens is 1. The molecule has 1 aromatic heterocycles. The Hall–Kier alpha value is -2.32. The van der Waals surface area contributed by atoms with E-state index in [0.717, 1.165) is 0 Å². The van der Waals surface area contributed by atoms with Crippen LogP contribution < -0.4 is 21.8 Å². The minimum absolute atomic E-state index is 0.0387. The van der Waals surface area contributed by atoms with Crippen LogP contribution in [0.2, 0.25) is 5.02 Å². The molecule has 0 unspecified atom stereocenters. The molecule has 2 rings (SSSR count). The molecule has 0 radical (unpaired) electrons. The number of aromatic nitrogens is 2. The summed E-state index contributed by atoms with van der Waals surface area (Å²) in [6.07, 6.45) is 0.647. The number of rotatable bonds is 6. The van der Waals surface area contributed by atoms with Gasteiger partial charge in [0.15, 0.2) is 10.7 Å². The summed E-state index contributed by atoms with van der Waals surface area (Å²) in [5, 5.41) is 0.532. The van der Waals surface area contributed by atoms with Gasteiger partial charge in [-0.25, -0.2) is 0 Å². The van der Waals surface area contributed by atoms with E-state index >= 15 is 0 Å². The van der Waals surface area contributed by atoms with E-state index in [1.165, 1.54) is 6.07 Å². The molecular weight excluding hydrogens is 350 g/mol. The highest BCUT2D eigenvalue weighted by molar-refractivity contribution is 7.71. The molecule has 0 saturated heterocycles. The largest absolute Gasteiger partial charge is 0.496 e. The van der Waals surface area contributed by atoms with Crippen LogP contribution in [-0.2, 0) is 6.54 Å². The highest BCUT2D eigenvalue weighted by Crippen LogP contribution is 2.32. The fraction of sp³-hybridized carbons (Fsp3) is 0.267. The Balaban J connectivity index is 2.50. The Morgan fingerprint density at radius 1 is 1.42 bits per heavy atom. The smallest absolute Gasteiger partial charge is 0.252 e. The van der Waals surface area contributed by atoms with Crippen LogP contribution in [0.25, 0.3) is 11.3 Å². The van der Waals surface area contributed by atoms with Gasteiger partial charge in [-0.1, -0.05) is 11.6 Å². The number of aliphatic imine (C=N–C) groups is 1. The van der Waals surface area contributed by atoms with Crippen molar-refractivity contribution in [3.63, 3.8) is 0 Å². The molecule has 0 bridgehead atoms. The van der Waals surface area contributed by atoms with Gasteiger partial charge in [-0.05, 0) is 36.8 Å². The van der Waals surface area contributed by atoms with Gasteiger partial charge < -0.3 is 20.8 Å². The third-order valence-electron chi connectivity index (χ3n) is 3.31. The maximum Gasteiger partial charge on any atom is 0.252 e. The number of guanidine groups is 1. The maximum absolute atomic E-state index is 11.9. The van der Waals surface area contributed by atoms with Crippen molar-refractivity contribution in [1.29, 1.82) is 0 Å². The average molecular weight is 368 g/mol. The van der Waals surface area contributed by atoms with Gasteiger partial charge in [-0.15, -0.1) is 0 Å². The molecule has 1 aromatic carbocycles. The van der Waals surface area contributed by atoms with Gasteiger partial charge in [0.2, 0.25) is 0 Å². The SMILES string of the molecule is COc1ccc(Cl)cc1-c1cc(=O)[nH]c(=S)n1CCCN=C(N)N. The molecule has 0 amide bonds. The number of nitrogens with zero attached hydrogens (tertiary/aromatic N) is 2. The van der Waals surface area contributed by atoms with Crippen LogP contribution in [0.15, 0.2) is 34.1 Å². The van der Waals surface area contributed by atoms with Gasteiger partial charge in [-0.2, -0.15) is 0 Å². The zero-order chi connectivity index (χ0) is 17.7. The molecule has 0 aliphatic carbocycles. The molecule has 2 aromatic rings. The minimum atomic E-state index is -0.294. The Bertz CT molecular complexity index is 871. The number of nitrogens with two attached hydrogens (primary N) is 2. The summed E-state index contributed by atoms with van der Waals surface area (Å²) in [5.74, 6) is 0.633. The van der Waals surface area contributed by atoms with E-state index < -0.39 is 0 Å². The van der Waals surface area contributed by atoms with Gasteiger partial charge >= 0.3 is 0 Å². The summed E-state index contributed by atoms with van der Waals surface area (Å²) in [6.45, 7) is 0.979. The standard InChI is InChI=1S/C15H18ClN5O2S/c1-23-12-4-3-9(16)7-10(12)11-8-13(22)20-15(24)21(11)6-2-5-19-14(17)18/h3-4,7-8H,2,5-6H2,1H3,(H4,17,18,19)(H,20,22,24). The highest BCUT2D eigenvalue weighted by atomic mass is 35.5. The molecule has 0 aliphatic rings. The summed E-state index contributed by atoms with van der Waals surface area (Å²) < 4.78 is 7.48. The van der Waals surface area contributed by atoms with Crippen LogP contribution in [0, 0.1) is 4.77 Å². The molecule has 0 saturated carbocycles. The quantitative estimate of drug-likeness (QED) is 0.312. The summed E-state index contributed by atoms with van der Waals surface area (Å²) >= 11 is 11.4. The molecule has 9 heteroatoms. The van der Waals surface area contributed by atoms with Crippen molar-refractivity contribution in [2.75, 3.05) is 13.7 Å². The first kappa shape index (κ1) is 18.0. The number of benzene rings is 1. The predicted molar refractivity (Wildman–Crippen MR) is 98.2 cm³/mol. The van der Waals surface area contributed by atoms with Gasteiger partial charge in [0, 0.05) is 29.7 Å². The fourth-order valence-electron chi connectivity index (χ4n) is 2.28. The van der Waals surface area contributed by atoms with Gasteiger partial charge in [-0.3, -0.25) is 14.8 Å². The Kier molecular flexibility index (Phi) is 5.99. The zero-order valence-electron chi connectivity index (χ0n) is 13.1. The lowest BCUT2D eigenvalue weighted by atomic mass is 10.1. The lowest BCUT2D eigenvalue weighted by Crippen LogP contribution is -2.23. The van der Waals surface area contributed by atoms with E-state index in [-0.39, 0.29) is 11.5 Å². The van der Waals surface area contributed by atoms with E-state index in [9.17, 15) is 4.79 Å². The van der Waals surface area contributed by atoms with E-state index in [0.29, 0.717) is 46.3 Å². The van der Waals surface area contributed by atoms with Crippen molar-refractivity contribution >= 4 is 29.8 Å². The highest BCUT2D eigenvalue weighted by Gasteiger charge is 2.12. The first-order chi connectivity index (χ1) is 11.4. The van der Waals surface area contributed by atoms with Crippen molar-refractivity contribution in [3.8, 4) is 17.0 Å². The molecule has 24 heavy (non-hydrogen) atoms. The van der Waals surface area contributed by atoms with Gasteiger partial charge in [0.05, 0.1) is 12.8 Å². The number of ether oxygens (including phenoxy) is 1. The second-order valence-corrected chi connectivity index (χ2v) is 5.80. The predicted octanol–water partition coefficient (Wildman–Crippen LogP) is 1.90. The second kappa shape index (κ2) is 7.98. The summed E-state index contributed by atoms with van der Waals surface area (Å²) in [6, 6.07) is 6.65. The maximum atomic E-state index is 11.9. The molecule has 0 fully saturated rings. The second-order valence-electron chi connectivity index (χ2n) is 4.98. The van der Waals surface area contributed by atoms with Crippen molar-refractivity contribution in [3.05, 3.63) is 44.4 Å². The zero-order valence-corrected chi connectivity index (χ0v) is 14.7. The van der Waals surface area contributed by atoms with Crippen molar-refractivity contribution in [1.82, 2.24) is 9.55 Å². The van der Waals surface area contributed by atoms with Crippen molar-refractivity contribution in [2.24, 2.45) is 16.5 Å². The molecule has 1 heterocycles. The summed E-state index contributed by atoms with van der Waals surface area (Å²) in [5.41, 5.74) is 11.6. The van der Waals surface area contributed by atoms with Crippen LogP contribution in [-0.4, -0.2) is 29.2 Å². The number of nitrogens with one attached hydrogen (secondary N) is 1. The van der Waals surface area contributed by atoms with E-state index in [1.807, 2.05) is 0 Å². The number of hydrogen-bond donors (Lipinski definition) is 3. The lowest BCUT2D eigenvalue weighted by molar-refractivity contribution is 0.416.